The molecule has 0 radical (unpaired) electrons. The van der Waals surface area contributed by atoms with Crippen molar-refractivity contribution in [3.63, 3.8) is 0 Å². The van der Waals surface area contributed by atoms with Crippen molar-refractivity contribution < 1.29 is 27.1 Å². The van der Waals surface area contributed by atoms with Gasteiger partial charge < -0.3 is 4.74 Å². The van der Waals surface area contributed by atoms with E-state index in [1.165, 1.54) is 0 Å². The lowest BCUT2D eigenvalue weighted by Crippen LogP contribution is -2.34. The van der Waals surface area contributed by atoms with Gasteiger partial charge in [-0.1, -0.05) is 38.5 Å². The zero-order chi connectivity index (χ0) is 15.4. The van der Waals surface area contributed by atoms with E-state index in [1.54, 1.807) is 0 Å². The van der Waals surface area contributed by atoms with E-state index in [2.05, 4.69) is 4.74 Å². The topological polar surface area (TPSA) is 26.3 Å². The number of hydrogen-bond acceptors (Lipinski definition) is 2. The summed E-state index contributed by atoms with van der Waals surface area (Å²) >= 11 is 5.54. The van der Waals surface area contributed by atoms with E-state index in [0.29, 0.717) is 12.3 Å². The highest BCUT2D eigenvalue weighted by Crippen LogP contribution is 2.23. The molecule has 20 heavy (non-hydrogen) atoms. The fourth-order valence-corrected chi connectivity index (χ4v) is 1.83. The van der Waals surface area contributed by atoms with Gasteiger partial charge in [-0.05, 0) is 12.8 Å². The van der Waals surface area contributed by atoms with Crippen molar-refractivity contribution in [1.29, 1.82) is 0 Å². The second-order valence-corrected chi connectivity index (χ2v) is 4.97. The van der Waals surface area contributed by atoms with E-state index in [0.717, 1.165) is 44.9 Å². The van der Waals surface area contributed by atoms with Gasteiger partial charge >= 0.3 is 12.1 Å². The Morgan fingerprint density at radius 3 is 1.85 bits per heavy atom. The number of unbranched alkanes of at least 4 members (excludes halogenated alkanes) is 7. The van der Waals surface area contributed by atoms with Crippen molar-refractivity contribution in [3.05, 3.63) is 0 Å². The Morgan fingerprint density at radius 1 is 0.950 bits per heavy atom. The van der Waals surface area contributed by atoms with E-state index in [1.807, 2.05) is 0 Å². The largest absolute Gasteiger partial charge is 0.463 e. The summed E-state index contributed by atoms with van der Waals surface area (Å²) in [6.07, 6.45) is -1.21. The minimum absolute atomic E-state index is 0.165. The van der Waals surface area contributed by atoms with Gasteiger partial charge in [-0.15, -0.1) is 11.6 Å². The van der Waals surface area contributed by atoms with Crippen LogP contribution in [0.4, 0.5) is 17.6 Å². The van der Waals surface area contributed by atoms with Crippen molar-refractivity contribution in [3.8, 4) is 0 Å². The van der Waals surface area contributed by atoms with Gasteiger partial charge in [0, 0.05) is 5.88 Å². The molecule has 0 rings (SSSR count). The average Bonchev–Trinajstić information content (AvgIpc) is 2.38. The van der Waals surface area contributed by atoms with Gasteiger partial charge in [0.25, 0.3) is 6.17 Å². The molecule has 0 aromatic rings. The molecule has 0 saturated carbocycles. The third-order valence-corrected chi connectivity index (χ3v) is 3.03. The summed E-state index contributed by atoms with van der Waals surface area (Å²) in [5.74, 6) is -1.17. The molecule has 0 N–H and O–H groups in total. The standard InChI is InChI=1S/C13H21ClF4O2/c14-9-7-5-3-1-2-4-6-8-10-20-12(19)11(15)13(16,17)18/h11H,1-10H2. The Balaban J connectivity index is 3.38. The summed E-state index contributed by atoms with van der Waals surface area (Å²) in [6, 6.07) is 0. The molecule has 7 heteroatoms. The molecule has 0 spiro atoms. The molecule has 2 nitrogen and oxygen atoms in total. The van der Waals surface area contributed by atoms with Crippen LogP contribution in [0.15, 0.2) is 0 Å². The van der Waals surface area contributed by atoms with Crippen LogP contribution in [0.25, 0.3) is 0 Å². The Kier molecular flexibility index (Phi) is 10.9. The summed E-state index contributed by atoms with van der Waals surface area (Å²) in [7, 11) is 0. The number of alkyl halides is 5. The van der Waals surface area contributed by atoms with Gasteiger partial charge in [0.05, 0.1) is 6.61 Å². The van der Waals surface area contributed by atoms with Gasteiger partial charge in [-0.25, -0.2) is 9.18 Å². The zero-order valence-electron chi connectivity index (χ0n) is 11.4. The molecule has 0 aliphatic carbocycles. The fraction of sp³-hybridized carbons (Fsp3) is 0.923. The van der Waals surface area contributed by atoms with Crippen molar-refractivity contribution >= 4 is 17.6 Å². The van der Waals surface area contributed by atoms with Crippen LogP contribution >= 0.6 is 11.6 Å². The number of hydrogen-bond donors (Lipinski definition) is 0. The van der Waals surface area contributed by atoms with Gasteiger partial charge in [0.15, 0.2) is 0 Å². The van der Waals surface area contributed by atoms with Crippen LogP contribution in [0.3, 0.4) is 0 Å². The van der Waals surface area contributed by atoms with E-state index in [4.69, 9.17) is 11.6 Å². The van der Waals surface area contributed by atoms with Crippen molar-refractivity contribution in [2.45, 2.75) is 63.7 Å². The molecule has 1 unspecified atom stereocenters. The lowest BCUT2D eigenvalue weighted by atomic mass is 10.1. The lowest BCUT2D eigenvalue weighted by molar-refractivity contribution is -0.201. The van der Waals surface area contributed by atoms with E-state index >= 15 is 0 Å². The molecule has 0 bridgehead atoms. The first kappa shape index (κ1) is 19.5. The number of esters is 1. The molecular formula is C13H21ClF4O2. The number of halogens is 5. The molecule has 0 heterocycles. The quantitative estimate of drug-likeness (QED) is 0.237. The lowest BCUT2D eigenvalue weighted by Gasteiger charge is -2.11. The van der Waals surface area contributed by atoms with E-state index in [9.17, 15) is 22.4 Å². The van der Waals surface area contributed by atoms with Crippen molar-refractivity contribution in [1.82, 2.24) is 0 Å². The summed E-state index contributed by atoms with van der Waals surface area (Å²) in [6.45, 7) is -0.165. The maximum atomic E-state index is 12.5. The Morgan fingerprint density at radius 2 is 1.40 bits per heavy atom. The maximum Gasteiger partial charge on any atom is 0.430 e. The van der Waals surface area contributed by atoms with Crippen LogP contribution in [0.5, 0.6) is 0 Å². The second kappa shape index (κ2) is 11.2. The SMILES string of the molecule is O=C(OCCCCCCCCCCCl)C(F)C(F)(F)F. The first-order valence-corrected chi connectivity index (χ1v) is 7.36. The molecule has 0 aromatic heterocycles. The van der Waals surface area contributed by atoms with Crippen LogP contribution in [0, 0.1) is 0 Å². The van der Waals surface area contributed by atoms with Crippen LogP contribution in [-0.4, -0.2) is 30.8 Å². The molecule has 0 aliphatic rings. The minimum atomic E-state index is -5.18. The Bertz CT molecular complexity index is 259. The van der Waals surface area contributed by atoms with E-state index in [-0.39, 0.29) is 6.61 Å². The van der Waals surface area contributed by atoms with Crippen LogP contribution in [0.2, 0.25) is 0 Å². The second-order valence-electron chi connectivity index (χ2n) is 4.59. The van der Waals surface area contributed by atoms with E-state index < -0.39 is 18.3 Å². The highest BCUT2D eigenvalue weighted by atomic mass is 35.5. The number of ether oxygens (including phenoxy) is 1. The third-order valence-electron chi connectivity index (χ3n) is 2.77. The number of carbonyl (C=O) groups is 1. The molecule has 0 fully saturated rings. The monoisotopic (exact) mass is 320 g/mol. The molecule has 0 aromatic carbocycles. The average molecular weight is 321 g/mol. The molecular weight excluding hydrogens is 300 g/mol. The summed E-state index contributed by atoms with van der Waals surface area (Å²) in [4.78, 5) is 10.7. The normalized spacial score (nSPS) is 13.2. The summed E-state index contributed by atoms with van der Waals surface area (Å²) in [5, 5.41) is 0. The summed E-state index contributed by atoms with van der Waals surface area (Å²) in [5.41, 5.74) is 0. The number of carbonyl (C=O) groups excluding carboxylic acids is 1. The summed E-state index contributed by atoms with van der Waals surface area (Å²) < 4.78 is 52.2. The van der Waals surface area contributed by atoms with Crippen LogP contribution < -0.4 is 0 Å². The van der Waals surface area contributed by atoms with Gasteiger partial charge in [-0.3, -0.25) is 0 Å². The minimum Gasteiger partial charge on any atom is -0.463 e. The molecule has 1 atom stereocenters. The van der Waals surface area contributed by atoms with Crippen molar-refractivity contribution in [2.24, 2.45) is 0 Å². The smallest absolute Gasteiger partial charge is 0.430 e. The Hall–Kier alpha value is -0.520. The highest BCUT2D eigenvalue weighted by molar-refractivity contribution is 6.17. The molecule has 0 saturated heterocycles. The zero-order valence-corrected chi connectivity index (χ0v) is 12.1. The molecule has 120 valence electrons. The van der Waals surface area contributed by atoms with Crippen molar-refractivity contribution in [2.75, 3.05) is 12.5 Å². The molecule has 0 aliphatic heterocycles. The first-order valence-electron chi connectivity index (χ1n) is 6.83. The Labute approximate surface area is 121 Å². The van der Waals surface area contributed by atoms with Crippen LogP contribution in [0.1, 0.15) is 51.4 Å². The van der Waals surface area contributed by atoms with Gasteiger partial charge in [-0.2, -0.15) is 13.2 Å². The van der Waals surface area contributed by atoms with Gasteiger partial charge in [0.2, 0.25) is 0 Å². The van der Waals surface area contributed by atoms with Gasteiger partial charge in [0.1, 0.15) is 0 Å². The molecule has 0 amide bonds. The predicted molar refractivity (Wildman–Crippen MR) is 69.6 cm³/mol. The number of rotatable bonds is 11. The highest BCUT2D eigenvalue weighted by Gasteiger charge is 2.46. The maximum absolute atomic E-state index is 12.5. The predicted octanol–water partition coefficient (Wildman–Crippen LogP) is 4.79. The van der Waals surface area contributed by atoms with Crippen LogP contribution in [-0.2, 0) is 9.53 Å². The fourth-order valence-electron chi connectivity index (χ4n) is 1.64. The first-order chi connectivity index (χ1) is 9.39. The third kappa shape index (κ3) is 10.3.